The average Bonchev–Trinajstić information content (AvgIpc) is 1.62. The molecule has 0 saturated heterocycles. The van der Waals surface area contributed by atoms with Crippen molar-refractivity contribution in [1.29, 1.82) is 0 Å². The van der Waals surface area contributed by atoms with Crippen molar-refractivity contribution in [1.82, 2.24) is 5.23 Å². The van der Waals surface area contributed by atoms with Gasteiger partial charge in [-0.25, -0.2) is 0 Å². The lowest BCUT2D eigenvalue weighted by Crippen LogP contribution is -2.60. The maximum absolute atomic E-state index is 8.72. The fourth-order valence-corrected chi connectivity index (χ4v) is 0.258. The van der Waals surface area contributed by atoms with Crippen LogP contribution in [-0.4, -0.2) is 26.7 Å². The Labute approximate surface area is 61.2 Å². The first kappa shape index (κ1) is 9.84. The second-order valence-corrected chi connectivity index (χ2v) is 3.57. The Hall–Kier alpha value is -0.160. The van der Waals surface area contributed by atoms with Gasteiger partial charge in [-0.15, -0.1) is 0 Å². The van der Waals surface area contributed by atoms with Gasteiger partial charge in [0.05, 0.1) is 5.54 Å². The second-order valence-electron chi connectivity index (χ2n) is 3.57. The summed E-state index contributed by atoms with van der Waals surface area (Å²) in [6, 6.07) is 0. The Kier molecular flexibility index (Phi) is 2.43. The molecule has 0 unspecified atom stereocenters. The number of hydroxylamine groups is 2. The summed E-state index contributed by atoms with van der Waals surface area (Å²) in [7, 11) is 0. The van der Waals surface area contributed by atoms with Crippen LogP contribution in [-0.2, 0) is 0 Å². The summed E-state index contributed by atoms with van der Waals surface area (Å²) >= 11 is 0. The van der Waals surface area contributed by atoms with Crippen molar-refractivity contribution in [3.63, 3.8) is 0 Å². The van der Waals surface area contributed by atoms with E-state index in [4.69, 9.17) is 16.1 Å². The average molecular weight is 148 g/mol. The number of nitrogens with two attached hydrogens (primary N) is 1. The number of hydrogen-bond acceptors (Lipinski definition) is 4. The maximum Gasteiger partial charge on any atom is 0.0849 e. The van der Waals surface area contributed by atoms with Gasteiger partial charge in [-0.1, -0.05) is 5.23 Å². The van der Waals surface area contributed by atoms with Crippen molar-refractivity contribution in [3.8, 4) is 0 Å². The highest BCUT2D eigenvalue weighted by atomic mass is 16.8. The third-order valence-corrected chi connectivity index (χ3v) is 2.08. The van der Waals surface area contributed by atoms with Crippen molar-refractivity contribution < 1.29 is 10.4 Å². The molecule has 0 aromatic rings. The molecule has 4 heteroatoms. The highest BCUT2D eigenvalue weighted by Crippen LogP contribution is 2.22. The minimum Gasteiger partial charge on any atom is -0.324 e. The first-order valence-corrected chi connectivity index (χ1v) is 3.16. The highest BCUT2D eigenvalue weighted by Gasteiger charge is 2.38. The molecule has 0 atom stereocenters. The predicted molar refractivity (Wildman–Crippen MR) is 37.8 cm³/mol. The third kappa shape index (κ3) is 1.67. The van der Waals surface area contributed by atoms with Gasteiger partial charge >= 0.3 is 0 Å². The predicted octanol–water partition coefficient (Wildman–Crippen LogP) is 0.583. The molecule has 62 valence electrons. The molecule has 0 fully saturated rings. The summed E-state index contributed by atoms with van der Waals surface area (Å²) in [5.41, 5.74) is 4.16. The summed E-state index contributed by atoms with van der Waals surface area (Å²) in [4.78, 5) is 0. The number of rotatable bonds is 2. The topological polar surface area (TPSA) is 69.7 Å². The summed E-state index contributed by atoms with van der Waals surface area (Å²) in [6.45, 7) is 6.75. The van der Waals surface area contributed by atoms with Crippen LogP contribution >= 0.6 is 0 Å². The van der Waals surface area contributed by atoms with Crippen LogP contribution in [0.3, 0.4) is 0 Å². The molecule has 0 aliphatic heterocycles. The van der Waals surface area contributed by atoms with E-state index in [9.17, 15) is 0 Å². The maximum atomic E-state index is 8.72. The van der Waals surface area contributed by atoms with Crippen LogP contribution in [0, 0.1) is 0 Å². The molecule has 0 aromatic heterocycles. The van der Waals surface area contributed by atoms with Crippen molar-refractivity contribution in [2.45, 2.75) is 38.8 Å². The van der Waals surface area contributed by atoms with Crippen LogP contribution in [0.1, 0.15) is 27.7 Å². The monoisotopic (exact) mass is 148 g/mol. The van der Waals surface area contributed by atoms with Gasteiger partial charge in [-0.3, -0.25) is 10.4 Å². The summed E-state index contributed by atoms with van der Waals surface area (Å²) in [6.07, 6.45) is 0. The van der Waals surface area contributed by atoms with Gasteiger partial charge in [0.25, 0.3) is 0 Å². The van der Waals surface area contributed by atoms with E-state index in [1.165, 1.54) is 0 Å². The Morgan fingerprint density at radius 3 is 1.40 bits per heavy atom. The standard InChI is InChI=1S/C6H16N2O2/c1-5(2,7)6(3,4)8(9)10/h9-10H,7H2,1-4H3. The molecule has 0 amide bonds. The third-order valence-electron chi connectivity index (χ3n) is 2.08. The van der Waals surface area contributed by atoms with E-state index >= 15 is 0 Å². The van der Waals surface area contributed by atoms with E-state index in [1.54, 1.807) is 27.7 Å². The zero-order chi connectivity index (χ0) is 8.58. The number of nitrogens with zero attached hydrogens (tertiary/aromatic N) is 1. The lowest BCUT2D eigenvalue weighted by atomic mass is 9.84. The van der Waals surface area contributed by atoms with Crippen molar-refractivity contribution in [2.75, 3.05) is 0 Å². The quantitative estimate of drug-likeness (QED) is 0.501. The SMILES string of the molecule is CC(C)(N)C(C)(C)N(O)O. The first-order chi connectivity index (χ1) is 4.19. The van der Waals surface area contributed by atoms with Gasteiger partial charge in [0, 0.05) is 5.54 Å². The van der Waals surface area contributed by atoms with E-state index in [1.807, 2.05) is 0 Å². The molecule has 4 N–H and O–H groups in total. The molecule has 0 rings (SSSR count). The molecular weight excluding hydrogens is 132 g/mol. The lowest BCUT2D eigenvalue weighted by Gasteiger charge is -2.40. The van der Waals surface area contributed by atoms with Crippen LogP contribution in [0.5, 0.6) is 0 Å². The first-order valence-electron chi connectivity index (χ1n) is 3.16. The second kappa shape index (κ2) is 2.47. The van der Waals surface area contributed by atoms with E-state index in [0.29, 0.717) is 0 Å². The van der Waals surface area contributed by atoms with E-state index in [-0.39, 0.29) is 5.23 Å². The lowest BCUT2D eigenvalue weighted by molar-refractivity contribution is -0.365. The molecule has 0 aliphatic rings. The van der Waals surface area contributed by atoms with Crippen LogP contribution in [0.4, 0.5) is 0 Å². The van der Waals surface area contributed by atoms with Crippen molar-refractivity contribution >= 4 is 0 Å². The Morgan fingerprint density at radius 2 is 1.40 bits per heavy atom. The normalized spacial score (nSPS) is 14.4. The summed E-state index contributed by atoms with van der Waals surface area (Å²) in [5.74, 6) is 0. The fourth-order valence-electron chi connectivity index (χ4n) is 0.258. The van der Waals surface area contributed by atoms with Crippen LogP contribution in [0.25, 0.3) is 0 Å². The smallest absolute Gasteiger partial charge is 0.0849 e. The van der Waals surface area contributed by atoms with Crippen LogP contribution in [0.15, 0.2) is 0 Å². The Balaban J connectivity index is 4.40. The van der Waals surface area contributed by atoms with Crippen LogP contribution < -0.4 is 5.73 Å². The highest BCUT2D eigenvalue weighted by molar-refractivity contribution is 4.94. The molecule has 0 bridgehead atoms. The van der Waals surface area contributed by atoms with Gasteiger partial charge in [0.2, 0.25) is 0 Å². The largest absolute Gasteiger partial charge is 0.324 e. The Bertz CT molecular complexity index is 115. The van der Waals surface area contributed by atoms with Gasteiger partial charge < -0.3 is 5.73 Å². The summed E-state index contributed by atoms with van der Waals surface area (Å²) in [5, 5.41) is 17.6. The fraction of sp³-hybridized carbons (Fsp3) is 1.00. The Morgan fingerprint density at radius 1 is 1.10 bits per heavy atom. The van der Waals surface area contributed by atoms with Crippen LogP contribution in [0.2, 0.25) is 0 Å². The minimum atomic E-state index is -0.840. The van der Waals surface area contributed by atoms with E-state index in [0.717, 1.165) is 0 Å². The molecule has 0 radical (unpaired) electrons. The summed E-state index contributed by atoms with van der Waals surface area (Å²) < 4.78 is 0. The van der Waals surface area contributed by atoms with Gasteiger partial charge in [-0.05, 0) is 27.7 Å². The molecule has 0 aromatic carbocycles. The van der Waals surface area contributed by atoms with Gasteiger partial charge in [0.15, 0.2) is 0 Å². The number of hydrogen-bond donors (Lipinski definition) is 3. The van der Waals surface area contributed by atoms with Crippen molar-refractivity contribution in [3.05, 3.63) is 0 Å². The zero-order valence-electron chi connectivity index (χ0n) is 6.92. The molecule has 10 heavy (non-hydrogen) atoms. The molecule has 4 nitrogen and oxygen atoms in total. The molecule has 0 spiro atoms. The van der Waals surface area contributed by atoms with Gasteiger partial charge in [-0.2, -0.15) is 0 Å². The van der Waals surface area contributed by atoms with Gasteiger partial charge in [0.1, 0.15) is 0 Å². The molecule has 0 aliphatic carbocycles. The molecular formula is C6H16N2O2. The van der Waals surface area contributed by atoms with E-state index < -0.39 is 11.1 Å². The molecule has 0 saturated carbocycles. The van der Waals surface area contributed by atoms with E-state index in [2.05, 4.69) is 0 Å². The minimum absolute atomic E-state index is 0.146. The zero-order valence-corrected chi connectivity index (χ0v) is 6.92. The van der Waals surface area contributed by atoms with Crippen molar-refractivity contribution in [2.24, 2.45) is 5.73 Å². The molecule has 0 heterocycles.